The molecule has 0 N–H and O–H groups in total. The molecule has 0 atom stereocenters. The largest absolute Gasteiger partial charge is 0.356 e. The molecule has 2 fully saturated rings. The number of nitrogens with zero attached hydrogens (tertiary/aromatic N) is 5. The Morgan fingerprint density at radius 3 is 2.41 bits per heavy atom. The van der Waals surface area contributed by atoms with Crippen molar-refractivity contribution in [1.29, 1.82) is 0 Å². The third-order valence-corrected chi connectivity index (χ3v) is 6.61. The topological polar surface area (TPSA) is 37.2 Å². The standard InChI is InChI=1S/C23H28ClN5/c24-23-25-21(28-14-9-19(10-15-28)27-12-5-2-6-13-27)20-11-16-29(22(20)26-23)17-18-7-3-1-4-8-18/h1,3-4,7-8,11,16,19H,2,5-6,9-10,12-15,17H2. The third kappa shape index (κ3) is 3.99. The summed E-state index contributed by atoms with van der Waals surface area (Å²) >= 11 is 6.35. The van der Waals surface area contributed by atoms with Gasteiger partial charge in [-0.05, 0) is 62.0 Å². The summed E-state index contributed by atoms with van der Waals surface area (Å²) in [6.45, 7) is 5.41. The van der Waals surface area contributed by atoms with E-state index >= 15 is 0 Å². The van der Waals surface area contributed by atoms with Crippen molar-refractivity contribution in [2.24, 2.45) is 0 Å². The van der Waals surface area contributed by atoms with E-state index in [1.165, 1.54) is 50.8 Å². The highest BCUT2D eigenvalue weighted by Crippen LogP contribution is 2.30. The maximum Gasteiger partial charge on any atom is 0.226 e. The van der Waals surface area contributed by atoms with Crippen molar-refractivity contribution in [1.82, 2.24) is 19.4 Å². The highest BCUT2D eigenvalue weighted by Gasteiger charge is 2.27. The number of anilines is 1. The molecule has 0 amide bonds. The zero-order valence-electron chi connectivity index (χ0n) is 16.8. The summed E-state index contributed by atoms with van der Waals surface area (Å²) in [5, 5.41) is 1.43. The molecule has 0 radical (unpaired) electrons. The summed E-state index contributed by atoms with van der Waals surface area (Å²) in [4.78, 5) is 14.3. The molecule has 2 saturated heterocycles. The summed E-state index contributed by atoms with van der Waals surface area (Å²) in [5.74, 6) is 0.990. The van der Waals surface area contributed by atoms with Crippen LogP contribution in [-0.4, -0.2) is 51.7 Å². The van der Waals surface area contributed by atoms with E-state index in [1.54, 1.807) is 0 Å². The van der Waals surface area contributed by atoms with Crippen LogP contribution < -0.4 is 4.90 Å². The SMILES string of the molecule is Clc1nc(N2CCC(N3CCCCC3)CC2)c2ccn(Cc3ccccc3)c2n1. The molecule has 5 nitrogen and oxygen atoms in total. The lowest BCUT2D eigenvalue weighted by molar-refractivity contribution is 0.141. The van der Waals surface area contributed by atoms with Gasteiger partial charge in [0.2, 0.25) is 5.28 Å². The van der Waals surface area contributed by atoms with Gasteiger partial charge >= 0.3 is 0 Å². The molecule has 0 aliphatic carbocycles. The fourth-order valence-electron chi connectivity index (χ4n) is 4.90. The van der Waals surface area contributed by atoms with Crippen LogP contribution in [0.2, 0.25) is 5.28 Å². The minimum Gasteiger partial charge on any atom is -0.356 e. The molecule has 29 heavy (non-hydrogen) atoms. The van der Waals surface area contributed by atoms with Crippen LogP contribution in [0.4, 0.5) is 5.82 Å². The molecule has 3 aromatic rings. The van der Waals surface area contributed by atoms with Crippen molar-refractivity contribution in [3.05, 3.63) is 53.4 Å². The van der Waals surface area contributed by atoms with E-state index in [0.29, 0.717) is 5.28 Å². The smallest absolute Gasteiger partial charge is 0.226 e. The van der Waals surface area contributed by atoms with Gasteiger partial charge in [-0.25, -0.2) is 0 Å². The summed E-state index contributed by atoms with van der Waals surface area (Å²) in [7, 11) is 0. The van der Waals surface area contributed by atoms with Gasteiger partial charge < -0.3 is 14.4 Å². The Morgan fingerprint density at radius 2 is 1.66 bits per heavy atom. The molecule has 2 aromatic heterocycles. The molecule has 0 saturated carbocycles. The minimum absolute atomic E-state index is 0.332. The molecule has 2 aliphatic heterocycles. The highest BCUT2D eigenvalue weighted by atomic mass is 35.5. The van der Waals surface area contributed by atoms with E-state index in [9.17, 15) is 0 Å². The number of halogens is 1. The van der Waals surface area contributed by atoms with Gasteiger partial charge in [0.05, 0.1) is 5.39 Å². The summed E-state index contributed by atoms with van der Waals surface area (Å²) in [5.41, 5.74) is 2.17. The second-order valence-corrected chi connectivity index (χ2v) is 8.64. The fourth-order valence-corrected chi connectivity index (χ4v) is 5.06. The Morgan fingerprint density at radius 1 is 0.897 bits per heavy atom. The van der Waals surface area contributed by atoms with Gasteiger partial charge in [0.15, 0.2) is 0 Å². The van der Waals surface area contributed by atoms with E-state index in [4.69, 9.17) is 11.6 Å². The number of rotatable bonds is 4. The zero-order valence-corrected chi connectivity index (χ0v) is 17.6. The molecule has 2 aliphatic rings. The van der Waals surface area contributed by atoms with Gasteiger partial charge in [0.25, 0.3) is 0 Å². The molecular weight excluding hydrogens is 382 g/mol. The zero-order chi connectivity index (χ0) is 19.6. The van der Waals surface area contributed by atoms with Crippen molar-refractivity contribution >= 4 is 28.5 Å². The first-order valence-corrected chi connectivity index (χ1v) is 11.2. The Kier molecular flexibility index (Phi) is 5.42. The van der Waals surface area contributed by atoms with E-state index in [2.05, 4.69) is 60.9 Å². The molecule has 5 rings (SSSR count). The van der Waals surface area contributed by atoms with Crippen molar-refractivity contribution in [3.8, 4) is 0 Å². The summed E-state index contributed by atoms with van der Waals surface area (Å²) < 4.78 is 2.17. The van der Waals surface area contributed by atoms with Gasteiger partial charge in [0.1, 0.15) is 11.5 Å². The van der Waals surface area contributed by atoms with Crippen molar-refractivity contribution in [3.63, 3.8) is 0 Å². The van der Waals surface area contributed by atoms with Crippen LogP contribution in [0.1, 0.15) is 37.7 Å². The van der Waals surface area contributed by atoms with Crippen LogP contribution in [0.25, 0.3) is 11.0 Å². The van der Waals surface area contributed by atoms with Gasteiger partial charge in [-0.15, -0.1) is 0 Å². The van der Waals surface area contributed by atoms with Crippen LogP contribution in [-0.2, 0) is 6.54 Å². The Labute approximate surface area is 177 Å². The van der Waals surface area contributed by atoms with Crippen molar-refractivity contribution in [2.45, 2.75) is 44.7 Å². The second-order valence-electron chi connectivity index (χ2n) is 8.30. The lowest BCUT2D eigenvalue weighted by atomic mass is 10.00. The number of likely N-dealkylation sites (tertiary alicyclic amines) is 1. The van der Waals surface area contributed by atoms with Crippen LogP contribution >= 0.6 is 11.6 Å². The average Bonchev–Trinajstić information content (AvgIpc) is 3.17. The number of benzene rings is 1. The number of hydrogen-bond donors (Lipinski definition) is 0. The number of piperidine rings is 2. The number of aromatic nitrogens is 3. The molecule has 1 aromatic carbocycles. The first-order valence-electron chi connectivity index (χ1n) is 10.8. The second kappa shape index (κ2) is 8.33. The predicted octanol–water partition coefficient (Wildman–Crippen LogP) is 4.59. The highest BCUT2D eigenvalue weighted by molar-refractivity contribution is 6.28. The van der Waals surface area contributed by atoms with Gasteiger partial charge in [0, 0.05) is 31.9 Å². The monoisotopic (exact) mass is 409 g/mol. The molecule has 0 bridgehead atoms. The van der Waals surface area contributed by atoms with Crippen molar-refractivity contribution < 1.29 is 0 Å². The van der Waals surface area contributed by atoms with E-state index in [1.807, 2.05) is 6.07 Å². The molecule has 6 heteroatoms. The van der Waals surface area contributed by atoms with Crippen LogP contribution in [0.3, 0.4) is 0 Å². The van der Waals surface area contributed by atoms with E-state index in [0.717, 1.165) is 42.5 Å². The Bertz CT molecular complexity index is 956. The fraction of sp³-hybridized carbons (Fsp3) is 0.478. The van der Waals surface area contributed by atoms with Gasteiger partial charge in [-0.3, -0.25) is 0 Å². The molecule has 0 unspecified atom stereocenters. The van der Waals surface area contributed by atoms with Crippen LogP contribution in [0, 0.1) is 0 Å². The predicted molar refractivity (Wildman–Crippen MR) is 119 cm³/mol. The normalized spacial score (nSPS) is 19.1. The maximum atomic E-state index is 6.35. The minimum atomic E-state index is 0.332. The van der Waals surface area contributed by atoms with E-state index in [-0.39, 0.29) is 0 Å². The molecule has 152 valence electrons. The first-order chi connectivity index (χ1) is 14.3. The summed E-state index contributed by atoms with van der Waals surface area (Å²) in [6.07, 6.45) is 8.62. The molecule has 0 spiro atoms. The third-order valence-electron chi connectivity index (χ3n) is 6.44. The van der Waals surface area contributed by atoms with Gasteiger partial charge in [-0.1, -0.05) is 36.8 Å². The molecular formula is C23H28ClN5. The lowest BCUT2D eigenvalue weighted by Gasteiger charge is -2.40. The molecule has 4 heterocycles. The average molecular weight is 410 g/mol. The maximum absolute atomic E-state index is 6.35. The van der Waals surface area contributed by atoms with Crippen molar-refractivity contribution in [2.75, 3.05) is 31.1 Å². The Hall–Kier alpha value is -2.11. The van der Waals surface area contributed by atoms with E-state index < -0.39 is 0 Å². The van der Waals surface area contributed by atoms with Crippen LogP contribution in [0.15, 0.2) is 42.6 Å². The van der Waals surface area contributed by atoms with Gasteiger partial charge in [-0.2, -0.15) is 9.97 Å². The number of hydrogen-bond acceptors (Lipinski definition) is 4. The first kappa shape index (κ1) is 18.9. The lowest BCUT2D eigenvalue weighted by Crippen LogP contribution is -2.47. The quantitative estimate of drug-likeness (QED) is 0.591. The van der Waals surface area contributed by atoms with Crippen LogP contribution in [0.5, 0.6) is 0 Å². The summed E-state index contributed by atoms with van der Waals surface area (Å²) in [6, 6.07) is 13.3. The number of fused-ring (bicyclic) bond motifs is 1. The Balaban J connectivity index is 1.36.